The molecule has 32 heavy (non-hydrogen) atoms. The Morgan fingerprint density at radius 3 is 2.38 bits per heavy atom. The van der Waals surface area contributed by atoms with Gasteiger partial charge in [0.05, 0.1) is 0 Å². The third-order valence-electron chi connectivity index (χ3n) is 8.02. The maximum atomic E-state index is 2.48. The number of rotatable bonds is 2. The largest absolute Gasteiger partial charge is 0.0802 e. The van der Waals surface area contributed by atoms with E-state index in [1.54, 1.807) is 16.7 Å². The molecule has 0 N–H and O–H groups in total. The Hall–Kier alpha value is -3.12. The zero-order valence-electron chi connectivity index (χ0n) is 18.7. The second kappa shape index (κ2) is 6.94. The summed E-state index contributed by atoms with van der Waals surface area (Å²) in [5, 5.41) is 2.82. The molecule has 0 aliphatic heterocycles. The first-order valence-corrected chi connectivity index (χ1v) is 12.2. The molecule has 7 rings (SSSR count). The van der Waals surface area contributed by atoms with Crippen molar-refractivity contribution in [2.45, 2.75) is 44.9 Å². The fraction of sp³-hybridized carbons (Fsp3) is 0.250. The topological polar surface area (TPSA) is 0 Å². The van der Waals surface area contributed by atoms with Gasteiger partial charge in [-0.15, -0.1) is 0 Å². The van der Waals surface area contributed by atoms with Crippen molar-refractivity contribution >= 4 is 16.8 Å². The minimum Gasteiger partial charge on any atom is -0.0802 e. The molecule has 0 radical (unpaired) electrons. The Labute approximate surface area is 190 Å². The van der Waals surface area contributed by atoms with Gasteiger partial charge in [0.15, 0.2) is 0 Å². The van der Waals surface area contributed by atoms with Crippen LogP contribution in [0.5, 0.6) is 0 Å². The summed E-state index contributed by atoms with van der Waals surface area (Å²) in [5.74, 6) is 1.41. The van der Waals surface area contributed by atoms with Crippen LogP contribution in [-0.2, 0) is 12.8 Å². The highest BCUT2D eigenvalue weighted by Crippen LogP contribution is 2.59. The highest BCUT2D eigenvalue weighted by Gasteiger charge is 2.43. The van der Waals surface area contributed by atoms with Gasteiger partial charge in [0.25, 0.3) is 0 Å². The molecule has 3 aliphatic rings. The van der Waals surface area contributed by atoms with Crippen molar-refractivity contribution in [3.8, 4) is 22.3 Å². The smallest absolute Gasteiger partial charge is 0.00296 e. The van der Waals surface area contributed by atoms with Crippen LogP contribution < -0.4 is 0 Å². The predicted molar refractivity (Wildman–Crippen MR) is 136 cm³/mol. The van der Waals surface area contributed by atoms with Crippen LogP contribution in [0.3, 0.4) is 0 Å². The summed E-state index contributed by atoms with van der Waals surface area (Å²) in [4.78, 5) is 0. The molecular weight excluding hydrogens is 384 g/mol. The van der Waals surface area contributed by atoms with Gasteiger partial charge in [-0.3, -0.25) is 0 Å². The minimum atomic E-state index is 0.679. The second-order valence-corrected chi connectivity index (χ2v) is 10.0. The van der Waals surface area contributed by atoms with Gasteiger partial charge in [0.1, 0.15) is 0 Å². The lowest BCUT2D eigenvalue weighted by Crippen LogP contribution is -2.07. The van der Waals surface area contributed by atoms with Crippen molar-refractivity contribution < 1.29 is 0 Å². The average molecular weight is 413 g/mol. The van der Waals surface area contributed by atoms with E-state index in [0.717, 1.165) is 5.92 Å². The third-order valence-corrected chi connectivity index (χ3v) is 8.02. The fourth-order valence-electron chi connectivity index (χ4n) is 6.35. The number of hydrogen-bond acceptors (Lipinski definition) is 0. The quantitative estimate of drug-likeness (QED) is 0.310. The lowest BCUT2D eigenvalue weighted by Gasteiger charge is -2.26. The van der Waals surface area contributed by atoms with Gasteiger partial charge in [-0.2, -0.15) is 0 Å². The SMILES string of the molecule is Cc1ccc(-c2c3c(c(-c4cccc5c4CCCC5)c4ccccc24)C2CC2C=C3)cc1. The van der Waals surface area contributed by atoms with Gasteiger partial charge in [-0.25, -0.2) is 0 Å². The Bertz CT molecular complexity index is 1400. The summed E-state index contributed by atoms with van der Waals surface area (Å²) >= 11 is 0. The molecule has 0 amide bonds. The Kier molecular flexibility index (Phi) is 4.00. The molecule has 2 atom stereocenters. The second-order valence-electron chi connectivity index (χ2n) is 10.0. The van der Waals surface area contributed by atoms with Gasteiger partial charge in [-0.1, -0.05) is 84.4 Å². The summed E-state index contributed by atoms with van der Waals surface area (Å²) in [6, 6.07) is 25.4. The van der Waals surface area contributed by atoms with Gasteiger partial charge in [0.2, 0.25) is 0 Å². The highest BCUT2D eigenvalue weighted by atomic mass is 14.5. The van der Waals surface area contributed by atoms with E-state index >= 15 is 0 Å². The fourth-order valence-corrected chi connectivity index (χ4v) is 6.35. The Morgan fingerprint density at radius 2 is 1.53 bits per heavy atom. The lowest BCUT2D eigenvalue weighted by atomic mass is 9.77. The first kappa shape index (κ1) is 18.5. The van der Waals surface area contributed by atoms with E-state index in [1.165, 1.54) is 76.3 Å². The van der Waals surface area contributed by atoms with Crippen molar-refractivity contribution in [2.24, 2.45) is 5.92 Å². The van der Waals surface area contributed by atoms with E-state index in [0.29, 0.717) is 5.92 Å². The van der Waals surface area contributed by atoms with Gasteiger partial charge in [0, 0.05) is 0 Å². The number of aryl methyl sites for hydroxylation is 2. The number of fused-ring (bicyclic) bond motifs is 5. The number of benzene rings is 4. The monoisotopic (exact) mass is 412 g/mol. The van der Waals surface area contributed by atoms with E-state index in [9.17, 15) is 0 Å². The van der Waals surface area contributed by atoms with Crippen molar-refractivity contribution in [1.29, 1.82) is 0 Å². The van der Waals surface area contributed by atoms with Crippen molar-refractivity contribution in [1.82, 2.24) is 0 Å². The standard InChI is InChI=1S/C32H28/c1-20-13-15-22(16-14-20)30-26-10-4-5-11-27(26)31(32-28(30)18-17-23-19-29(23)32)25-12-6-8-21-7-2-3-9-24(21)25/h4-6,8,10-18,23,29H,2-3,7,9,19H2,1H3. The normalized spacial score (nSPS) is 20.5. The summed E-state index contributed by atoms with van der Waals surface area (Å²) in [6.45, 7) is 2.17. The van der Waals surface area contributed by atoms with Crippen LogP contribution in [0.4, 0.5) is 0 Å². The lowest BCUT2D eigenvalue weighted by molar-refractivity contribution is 0.687. The molecule has 0 aromatic heterocycles. The average Bonchev–Trinajstić information content (AvgIpc) is 3.63. The van der Waals surface area contributed by atoms with Crippen LogP contribution in [0.1, 0.15) is 53.0 Å². The van der Waals surface area contributed by atoms with E-state index in [2.05, 4.69) is 85.8 Å². The van der Waals surface area contributed by atoms with Crippen LogP contribution in [0, 0.1) is 12.8 Å². The molecule has 0 bridgehead atoms. The van der Waals surface area contributed by atoms with Crippen LogP contribution in [0.2, 0.25) is 0 Å². The molecular formula is C32H28. The summed E-state index contributed by atoms with van der Waals surface area (Å²) in [6.07, 6.45) is 11.3. The van der Waals surface area contributed by atoms with E-state index < -0.39 is 0 Å². The van der Waals surface area contributed by atoms with E-state index in [1.807, 2.05) is 0 Å². The summed E-state index contributed by atoms with van der Waals surface area (Å²) in [5.41, 5.74) is 13.4. The molecule has 0 heterocycles. The van der Waals surface area contributed by atoms with Crippen LogP contribution in [0.15, 0.2) is 72.8 Å². The zero-order valence-corrected chi connectivity index (χ0v) is 18.7. The van der Waals surface area contributed by atoms with Crippen LogP contribution in [-0.4, -0.2) is 0 Å². The molecule has 2 unspecified atom stereocenters. The number of hydrogen-bond donors (Lipinski definition) is 0. The van der Waals surface area contributed by atoms with Crippen LogP contribution in [0.25, 0.3) is 39.1 Å². The Morgan fingerprint density at radius 1 is 0.750 bits per heavy atom. The number of allylic oxidation sites excluding steroid dienone is 1. The van der Waals surface area contributed by atoms with Gasteiger partial charge < -0.3 is 0 Å². The molecule has 0 saturated heterocycles. The molecule has 1 fully saturated rings. The highest BCUT2D eigenvalue weighted by molar-refractivity contribution is 6.11. The van der Waals surface area contributed by atoms with Crippen molar-refractivity contribution in [2.75, 3.05) is 0 Å². The van der Waals surface area contributed by atoms with Gasteiger partial charge in [-0.05, 0) is 106 Å². The van der Waals surface area contributed by atoms with Crippen molar-refractivity contribution in [3.63, 3.8) is 0 Å². The Balaban J connectivity index is 1.62. The molecule has 0 heteroatoms. The molecule has 0 nitrogen and oxygen atoms in total. The molecule has 156 valence electrons. The van der Waals surface area contributed by atoms with E-state index in [4.69, 9.17) is 0 Å². The maximum Gasteiger partial charge on any atom is -0.00296 e. The zero-order chi connectivity index (χ0) is 21.2. The first-order valence-electron chi connectivity index (χ1n) is 12.2. The maximum absolute atomic E-state index is 2.48. The van der Waals surface area contributed by atoms with E-state index in [-0.39, 0.29) is 0 Å². The van der Waals surface area contributed by atoms with Gasteiger partial charge >= 0.3 is 0 Å². The molecule has 0 spiro atoms. The molecule has 1 saturated carbocycles. The summed E-state index contributed by atoms with van der Waals surface area (Å²) < 4.78 is 0. The molecule has 3 aliphatic carbocycles. The first-order chi connectivity index (χ1) is 15.8. The molecule has 4 aromatic rings. The summed E-state index contributed by atoms with van der Waals surface area (Å²) in [7, 11) is 0. The predicted octanol–water partition coefficient (Wildman–Crippen LogP) is 8.49. The third kappa shape index (κ3) is 2.69. The van der Waals surface area contributed by atoms with Crippen molar-refractivity contribution in [3.05, 3.63) is 101 Å². The van der Waals surface area contributed by atoms with Crippen LogP contribution >= 0.6 is 0 Å². The minimum absolute atomic E-state index is 0.679. The molecule has 4 aromatic carbocycles.